The van der Waals surface area contributed by atoms with Gasteiger partial charge < -0.3 is 19.2 Å². The van der Waals surface area contributed by atoms with Crippen LogP contribution in [-0.2, 0) is 14.1 Å². The summed E-state index contributed by atoms with van der Waals surface area (Å²) in [6.45, 7) is 13.5. The van der Waals surface area contributed by atoms with Gasteiger partial charge in [-0.3, -0.25) is 0 Å². The minimum Gasteiger partial charge on any atom is -0.478 e. The van der Waals surface area contributed by atoms with E-state index < -0.39 is 35.8 Å². The summed E-state index contributed by atoms with van der Waals surface area (Å²) < 4.78 is 17.7. The van der Waals surface area contributed by atoms with E-state index in [1.54, 1.807) is 12.1 Å². The number of carboxylic acid groups (broad SMARTS) is 1. The zero-order valence-corrected chi connectivity index (χ0v) is 15.5. The number of ether oxygens (including phenoxy) is 1. The fraction of sp³-hybridized carbons (Fsp3) is 0.611. The number of aliphatic carboxylic acids is 1. The summed E-state index contributed by atoms with van der Waals surface area (Å²) in [5.74, 6) is -0.463. The predicted octanol–water partition coefficient (Wildman–Crippen LogP) is 2.86. The minimum absolute atomic E-state index is 0.395. The normalized spacial score (nSPS) is 20.7. The van der Waals surface area contributed by atoms with Gasteiger partial charge in [-0.25, -0.2) is 4.79 Å². The molecule has 0 aromatic heterocycles. The third-order valence-corrected chi connectivity index (χ3v) is 4.67. The molecule has 1 saturated heterocycles. The molecule has 132 valence electrons. The van der Waals surface area contributed by atoms with Gasteiger partial charge >= 0.3 is 13.1 Å². The summed E-state index contributed by atoms with van der Waals surface area (Å²) >= 11 is 0. The highest BCUT2D eigenvalue weighted by Gasteiger charge is 2.51. The van der Waals surface area contributed by atoms with Gasteiger partial charge in [-0.05, 0) is 45.3 Å². The maximum Gasteiger partial charge on any atom is 0.494 e. The lowest BCUT2D eigenvalue weighted by molar-refractivity contribution is -0.150. The Kier molecular flexibility index (Phi) is 4.77. The number of benzene rings is 1. The van der Waals surface area contributed by atoms with E-state index in [2.05, 4.69) is 0 Å². The second-order valence-corrected chi connectivity index (χ2v) is 8.36. The molecule has 1 heterocycles. The molecule has 0 amide bonds. The fourth-order valence-electron chi connectivity index (χ4n) is 2.42. The molecule has 1 aromatic rings. The molecule has 0 bridgehead atoms. The van der Waals surface area contributed by atoms with Gasteiger partial charge in [-0.1, -0.05) is 32.9 Å². The van der Waals surface area contributed by atoms with E-state index in [1.165, 1.54) is 0 Å². The lowest BCUT2D eigenvalue weighted by atomic mass is 9.79. The number of carbonyl (C=O) groups is 1. The Morgan fingerprint density at radius 1 is 1.08 bits per heavy atom. The van der Waals surface area contributed by atoms with Gasteiger partial charge in [0.1, 0.15) is 5.75 Å². The van der Waals surface area contributed by atoms with Crippen molar-refractivity contribution in [3.63, 3.8) is 0 Å². The second kappa shape index (κ2) is 6.08. The lowest BCUT2D eigenvalue weighted by Crippen LogP contribution is -2.41. The van der Waals surface area contributed by atoms with Gasteiger partial charge in [-0.15, -0.1) is 0 Å². The SMILES string of the molecule is CC(C)(C)C(Oc1ccc(B2OC(C)(C)C(C)(C)O2)cc1)C(=O)O. The minimum atomic E-state index is -0.975. The average Bonchev–Trinajstić information content (AvgIpc) is 2.64. The van der Waals surface area contributed by atoms with Crippen LogP contribution in [0.15, 0.2) is 24.3 Å². The zero-order valence-electron chi connectivity index (χ0n) is 15.5. The van der Waals surface area contributed by atoms with E-state index >= 15 is 0 Å². The van der Waals surface area contributed by atoms with Gasteiger partial charge in [0, 0.05) is 5.41 Å². The zero-order chi connectivity index (χ0) is 18.3. The molecule has 1 aliphatic heterocycles. The Morgan fingerprint density at radius 3 is 1.92 bits per heavy atom. The van der Waals surface area contributed by atoms with Crippen LogP contribution in [0.2, 0.25) is 0 Å². The molecule has 1 N–H and O–H groups in total. The molecule has 6 heteroatoms. The van der Waals surface area contributed by atoms with Crippen LogP contribution in [0.5, 0.6) is 5.75 Å². The van der Waals surface area contributed by atoms with E-state index in [1.807, 2.05) is 60.6 Å². The van der Waals surface area contributed by atoms with Crippen molar-refractivity contribution < 1.29 is 23.9 Å². The Hall–Kier alpha value is -1.53. The van der Waals surface area contributed by atoms with Crippen molar-refractivity contribution in [2.24, 2.45) is 5.41 Å². The molecule has 1 fully saturated rings. The molecule has 0 aliphatic carbocycles. The Morgan fingerprint density at radius 2 is 1.54 bits per heavy atom. The summed E-state index contributed by atoms with van der Waals surface area (Å²) in [6, 6.07) is 7.20. The van der Waals surface area contributed by atoms with Crippen molar-refractivity contribution >= 4 is 18.6 Å². The van der Waals surface area contributed by atoms with Gasteiger partial charge in [0.05, 0.1) is 11.2 Å². The van der Waals surface area contributed by atoms with Gasteiger partial charge in [-0.2, -0.15) is 0 Å². The number of carboxylic acids is 1. The van der Waals surface area contributed by atoms with Crippen LogP contribution in [0, 0.1) is 5.41 Å². The highest BCUT2D eigenvalue weighted by molar-refractivity contribution is 6.62. The standard InChI is InChI=1S/C18H27BO5/c1-16(2,3)14(15(20)21)22-13-10-8-12(9-11-13)19-23-17(4,5)18(6,7)24-19/h8-11,14H,1-7H3,(H,20,21). The summed E-state index contributed by atoms with van der Waals surface area (Å²) in [7, 11) is -0.443. The molecule has 1 atom stereocenters. The van der Waals surface area contributed by atoms with Crippen LogP contribution in [0.3, 0.4) is 0 Å². The van der Waals surface area contributed by atoms with E-state index in [-0.39, 0.29) is 0 Å². The van der Waals surface area contributed by atoms with Crippen molar-refractivity contribution in [1.29, 1.82) is 0 Å². The predicted molar refractivity (Wildman–Crippen MR) is 93.7 cm³/mol. The highest BCUT2D eigenvalue weighted by Crippen LogP contribution is 2.36. The van der Waals surface area contributed by atoms with Crippen LogP contribution in [0.1, 0.15) is 48.5 Å². The van der Waals surface area contributed by atoms with Crippen LogP contribution in [-0.4, -0.2) is 35.5 Å². The molecule has 0 radical (unpaired) electrons. The number of hydrogen-bond acceptors (Lipinski definition) is 4. The van der Waals surface area contributed by atoms with Crippen molar-refractivity contribution in [3.8, 4) is 5.75 Å². The van der Waals surface area contributed by atoms with E-state index in [4.69, 9.17) is 14.0 Å². The summed E-state index contributed by atoms with van der Waals surface area (Å²) in [6.07, 6.45) is -0.916. The monoisotopic (exact) mass is 334 g/mol. The molecular formula is C18H27BO5. The lowest BCUT2D eigenvalue weighted by Gasteiger charge is -2.32. The molecule has 1 aromatic carbocycles. The fourth-order valence-corrected chi connectivity index (χ4v) is 2.42. The first-order chi connectivity index (χ1) is 10.8. The van der Waals surface area contributed by atoms with Crippen LogP contribution < -0.4 is 10.2 Å². The molecule has 2 rings (SSSR count). The van der Waals surface area contributed by atoms with E-state index in [0.29, 0.717) is 5.75 Å². The van der Waals surface area contributed by atoms with Crippen molar-refractivity contribution in [3.05, 3.63) is 24.3 Å². The molecule has 1 aliphatic rings. The third-order valence-electron chi connectivity index (χ3n) is 4.67. The first-order valence-corrected chi connectivity index (χ1v) is 8.18. The number of hydrogen-bond donors (Lipinski definition) is 1. The second-order valence-electron chi connectivity index (χ2n) is 8.36. The third kappa shape index (κ3) is 3.76. The van der Waals surface area contributed by atoms with Crippen LogP contribution >= 0.6 is 0 Å². The van der Waals surface area contributed by atoms with Crippen LogP contribution in [0.4, 0.5) is 0 Å². The molecule has 24 heavy (non-hydrogen) atoms. The Bertz CT molecular complexity index is 585. The maximum atomic E-state index is 11.4. The van der Waals surface area contributed by atoms with Crippen LogP contribution in [0.25, 0.3) is 0 Å². The molecule has 0 saturated carbocycles. The van der Waals surface area contributed by atoms with Crippen molar-refractivity contribution in [2.45, 2.75) is 65.8 Å². The quantitative estimate of drug-likeness (QED) is 0.858. The van der Waals surface area contributed by atoms with E-state index in [0.717, 1.165) is 5.46 Å². The number of rotatable bonds is 4. The largest absolute Gasteiger partial charge is 0.494 e. The average molecular weight is 334 g/mol. The van der Waals surface area contributed by atoms with Crippen molar-refractivity contribution in [1.82, 2.24) is 0 Å². The smallest absolute Gasteiger partial charge is 0.478 e. The first kappa shape index (κ1) is 18.8. The van der Waals surface area contributed by atoms with Gasteiger partial charge in [0.2, 0.25) is 0 Å². The molecular weight excluding hydrogens is 307 g/mol. The first-order valence-electron chi connectivity index (χ1n) is 8.18. The Balaban J connectivity index is 2.13. The van der Waals surface area contributed by atoms with Gasteiger partial charge in [0.15, 0.2) is 6.10 Å². The summed E-state index contributed by atoms with van der Waals surface area (Å²) in [5, 5.41) is 9.35. The highest BCUT2D eigenvalue weighted by atomic mass is 16.7. The Labute approximate surface area is 144 Å². The summed E-state index contributed by atoms with van der Waals surface area (Å²) in [5.41, 5.74) is -0.416. The van der Waals surface area contributed by atoms with E-state index in [9.17, 15) is 9.90 Å². The van der Waals surface area contributed by atoms with Gasteiger partial charge in [0.25, 0.3) is 0 Å². The topological polar surface area (TPSA) is 65.0 Å². The van der Waals surface area contributed by atoms with Crippen molar-refractivity contribution in [2.75, 3.05) is 0 Å². The molecule has 1 unspecified atom stereocenters. The summed E-state index contributed by atoms with van der Waals surface area (Å²) in [4.78, 5) is 11.4. The maximum absolute atomic E-state index is 11.4. The molecule has 0 spiro atoms. The molecule has 5 nitrogen and oxygen atoms in total.